The number of halogens is 2. The number of hydrogen-bond acceptors (Lipinski definition) is 3. The van der Waals surface area contributed by atoms with Gasteiger partial charge in [0.2, 0.25) is 5.91 Å². The number of nitrogens with one attached hydrogen (secondary N) is 2. The molecule has 0 aliphatic heterocycles. The van der Waals surface area contributed by atoms with Crippen LogP contribution in [0.5, 0.6) is 0 Å². The molecular formula is C16H16ClFN2O2. The van der Waals surface area contributed by atoms with Crippen LogP contribution >= 0.6 is 11.6 Å². The third kappa shape index (κ3) is 4.72. The Morgan fingerprint density at radius 2 is 1.86 bits per heavy atom. The van der Waals surface area contributed by atoms with Gasteiger partial charge in [-0.2, -0.15) is 0 Å². The lowest BCUT2D eigenvalue weighted by atomic mass is 10.2. The van der Waals surface area contributed by atoms with Crippen LogP contribution in [0.2, 0.25) is 5.02 Å². The SMILES string of the molecule is COCC(=O)Nc1ccc(NCc2cc(Cl)ccc2F)cc1. The Hall–Kier alpha value is -2.11. The van der Waals surface area contributed by atoms with Crippen molar-refractivity contribution in [1.29, 1.82) is 0 Å². The second kappa shape index (κ2) is 7.77. The summed E-state index contributed by atoms with van der Waals surface area (Å²) < 4.78 is 18.3. The highest BCUT2D eigenvalue weighted by molar-refractivity contribution is 6.30. The number of rotatable bonds is 6. The molecule has 2 N–H and O–H groups in total. The Balaban J connectivity index is 1.94. The fourth-order valence-electron chi connectivity index (χ4n) is 1.88. The Bertz CT molecular complexity index is 647. The topological polar surface area (TPSA) is 50.4 Å². The fourth-order valence-corrected chi connectivity index (χ4v) is 2.07. The van der Waals surface area contributed by atoms with Crippen molar-refractivity contribution in [1.82, 2.24) is 0 Å². The zero-order chi connectivity index (χ0) is 15.9. The van der Waals surface area contributed by atoms with Crippen molar-refractivity contribution in [2.45, 2.75) is 6.54 Å². The third-order valence-electron chi connectivity index (χ3n) is 2.93. The maximum atomic E-state index is 13.6. The average molecular weight is 323 g/mol. The molecule has 2 aromatic carbocycles. The lowest BCUT2D eigenvalue weighted by Crippen LogP contribution is -2.16. The summed E-state index contributed by atoms with van der Waals surface area (Å²) in [5, 5.41) is 6.28. The van der Waals surface area contributed by atoms with Crippen LogP contribution in [-0.2, 0) is 16.1 Å². The molecule has 116 valence electrons. The molecule has 0 aliphatic carbocycles. The molecule has 2 aromatic rings. The van der Waals surface area contributed by atoms with Gasteiger partial charge in [-0.05, 0) is 42.5 Å². The van der Waals surface area contributed by atoms with Gasteiger partial charge in [0, 0.05) is 35.6 Å². The fraction of sp³-hybridized carbons (Fsp3) is 0.188. The molecule has 0 saturated heterocycles. The van der Waals surface area contributed by atoms with Crippen LogP contribution in [0.15, 0.2) is 42.5 Å². The number of benzene rings is 2. The van der Waals surface area contributed by atoms with Gasteiger partial charge in [-0.1, -0.05) is 11.6 Å². The highest BCUT2D eigenvalue weighted by atomic mass is 35.5. The van der Waals surface area contributed by atoms with E-state index in [1.165, 1.54) is 19.2 Å². The van der Waals surface area contributed by atoms with Crippen LogP contribution < -0.4 is 10.6 Å². The first-order valence-corrected chi connectivity index (χ1v) is 7.03. The van der Waals surface area contributed by atoms with Crippen LogP contribution in [0, 0.1) is 5.82 Å². The van der Waals surface area contributed by atoms with E-state index in [1.807, 2.05) is 0 Å². The van der Waals surface area contributed by atoms with E-state index in [2.05, 4.69) is 10.6 Å². The first-order chi connectivity index (χ1) is 10.6. The molecule has 22 heavy (non-hydrogen) atoms. The molecule has 0 heterocycles. The molecule has 0 bridgehead atoms. The summed E-state index contributed by atoms with van der Waals surface area (Å²) in [7, 11) is 1.46. The van der Waals surface area contributed by atoms with Crippen LogP contribution in [0.3, 0.4) is 0 Å². The number of methoxy groups -OCH3 is 1. The molecule has 4 nitrogen and oxygen atoms in total. The maximum absolute atomic E-state index is 13.6. The Labute approximate surface area is 133 Å². The highest BCUT2D eigenvalue weighted by Gasteiger charge is 2.04. The van der Waals surface area contributed by atoms with Gasteiger partial charge < -0.3 is 15.4 Å². The van der Waals surface area contributed by atoms with Crippen molar-refractivity contribution in [3.8, 4) is 0 Å². The lowest BCUT2D eigenvalue weighted by Gasteiger charge is -2.09. The lowest BCUT2D eigenvalue weighted by molar-refractivity contribution is -0.119. The number of hydrogen-bond donors (Lipinski definition) is 2. The molecule has 0 aliphatic rings. The minimum absolute atomic E-state index is 0.00798. The number of carbonyl (C=O) groups excluding carboxylic acids is 1. The van der Waals surface area contributed by atoms with Gasteiger partial charge in [-0.15, -0.1) is 0 Å². The molecule has 0 aromatic heterocycles. The number of amides is 1. The van der Waals surface area contributed by atoms with Gasteiger partial charge in [0.05, 0.1) is 0 Å². The van der Waals surface area contributed by atoms with Gasteiger partial charge in [-0.25, -0.2) is 4.39 Å². The molecule has 0 atom stereocenters. The monoisotopic (exact) mass is 322 g/mol. The summed E-state index contributed by atoms with van der Waals surface area (Å²) in [5.41, 5.74) is 1.97. The summed E-state index contributed by atoms with van der Waals surface area (Å²) in [5.74, 6) is -0.524. The molecule has 0 spiro atoms. The minimum Gasteiger partial charge on any atom is -0.381 e. The molecular weight excluding hydrogens is 307 g/mol. The van der Waals surface area contributed by atoms with Gasteiger partial charge >= 0.3 is 0 Å². The van der Waals surface area contributed by atoms with Gasteiger partial charge in [0.1, 0.15) is 12.4 Å². The van der Waals surface area contributed by atoms with Crippen molar-refractivity contribution in [2.75, 3.05) is 24.4 Å². The summed E-state index contributed by atoms with van der Waals surface area (Å²) in [6, 6.07) is 11.5. The predicted molar refractivity (Wildman–Crippen MR) is 85.7 cm³/mol. The van der Waals surface area contributed by atoms with E-state index >= 15 is 0 Å². The molecule has 0 radical (unpaired) electrons. The normalized spacial score (nSPS) is 10.3. The van der Waals surface area contributed by atoms with Gasteiger partial charge in [0.25, 0.3) is 0 Å². The number of carbonyl (C=O) groups is 1. The smallest absolute Gasteiger partial charge is 0.250 e. The molecule has 6 heteroatoms. The van der Waals surface area contributed by atoms with Crippen LogP contribution in [0.25, 0.3) is 0 Å². The zero-order valence-corrected chi connectivity index (χ0v) is 12.8. The highest BCUT2D eigenvalue weighted by Crippen LogP contribution is 2.18. The predicted octanol–water partition coefficient (Wildman–Crippen LogP) is 3.68. The zero-order valence-electron chi connectivity index (χ0n) is 12.0. The standard InChI is InChI=1S/C16H16ClFN2O2/c1-22-10-16(21)20-14-5-3-13(4-6-14)19-9-11-8-12(17)2-7-15(11)18/h2-8,19H,9-10H2,1H3,(H,20,21). The quantitative estimate of drug-likeness (QED) is 0.853. The van der Waals surface area contributed by atoms with Crippen molar-refractivity contribution < 1.29 is 13.9 Å². The third-order valence-corrected chi connectivity index (χ3v) is 3.17. The summed E-state index contributed by atoms with van der Waals surface area (Å²) in [4.78, 5) is 11.4. The second-order valence-electron chi connectivity index (χ2n) is 4.65. The van der Waals surface area contributed by atoms with E-state index in [4.69, 9.17) is 16.3 Å². The van der Waals surface area contributed by atoms with E-state index in [-0.39, 0.29) is 18.3 Å². The Morgan fingerprint density at radius 1 is 1.18 bits per heavy atom. The maximum Gasteiger partial charge on any atom is 0.250 e. The first kappa shape index (κ1) is 16.3. The van der Waals surface area contributed by atoms with Crippen LogP contribution in [-0.4, -0.2) is 19.6 Å². The summed E-state index contributed by atoms with van der Waals surface area (Å²) in [6.45, 7) is 0.329. The largest absolute Gasteiger partial charge is 0.381 e. The van der Waals surface area contributed by atoms with E-state index in [1.54, 1.807) is 30.3 Å². The molecule has 0 fully saturated rings. The van der Waals surface area contributed by atoms with E-state index in [9.17, 15) is 9.18 Å². The van der Waals surface area contributed by atoms with Gasteiger partial charge in [0.15, 0.2) is 0 Å². The van der Waals surface area contributed by atoms with Crippen molar-refractivity contribution >= 4 is 28.9 Å². The Morgan fingerprint density at radius 3 is 2.55 bits per heavy atom. The van der Waals surface area contributed by atoms with Crippen molar-refractivity contribution in [2.24, 2.45) is 0 Å². The van der Waals surface area contributed by atoms with E-state index in [0.29, 0.717) is 22.8 Å². The van der Waals surface area contributed by atoms with Crippen molar-refractivity contribution in [3.05, 3.63) is 58.9 Å². The second-order valence-corrected chi connectivity index (χ2v) is 5.08. The Kier molecular flexibility index (Phi) is 5.75. The average Bonchev–Trinajstić information content (AvgIpc) is 2.50. The van der Waals surface area contributed by atoms with Gasteiger partial charge in [-0.3, -0.25) is 4.79 Å². The summed E-state index contributed by atoms with van der Waals surface area (Å²) >= 11 is 5.85. The first-order valence-electron chi connectivity index (χ1n) is 6.65. The molecule has 0 saturated carbocycles. The molecule has 0 unspecified atom stereocenters. The summed E-state index contributed by atoms with van der Waals surface area (Å²) in [6.07, 6.45) is 0. The van der Waals surface area contributed by atoms with E-state index in [0.717, 1.165) is 5.69 Å². The van der Waals surface area contributed by atoms with Crippen LogP contribution in [0.1, 0.15) is 5.56 Å². The number of ether oxygens (including phenoxy) is 1. The van der Waals surface area contributed by atoms with Crippen molar-refractivity contribution in [3.63, 3.8) is 0 Å². The molecule has 1 amide bonds. The minimum atomic E-state index is -0.305. The van der Waals surface area contributed by atoms with E-state index < -0.39 is 0 Å². The van der Waals surface area contributed by atoms with Crippen LogP contribution in [0.4, 0.5) is 15.8 Å². The number of anilines is 2. The molecule has 2 rings (SSSR count).